The summed E-state index contributed by atoms with van der Waals surface area (Å²) in [6, 6.07) is 7.43. The Morgan fingerprint density at radius 1 is 1.38 bits per heavy atom. The van der Waals surface area contributed by atoms with Crippen LogP contribution >= 0.6 is 0 Å². The van der Waals surface area contributed by atoms with Gasteiger partial charge < -0.3 is 16.2 Å². The Hall–Kier alpha value is -1.39. The van der Waals surface area contributed by atoms with Gasteiger partial charge in [0.25, 0.3) is 5.91 Å². The van der Waals surface area contributed by atoms with Gasteiger partial charge in [0.05, 0.1) is 0 Å². The first-order valence-electron chi connectivity index (χ1n) is 5.46. The summed E-state index contributed by atoms with van der Waals surface area (Å²) in [5, 5.41) is 11.4. The van der Waals surface area contributed by atoms with Crippen molar-refractivity contribution in [2.75, 3.05) is 19.7 Å². The van der Waals surface area contributed by atoms with Crippen molar-refractivity contribution in [1.29, 1.82) is 0 Å². The molecule has 4 heteroatoms. The van der Waals surface area contributed by atoms with Gasteiger partial charge >= 0.3 is 0 Å². The molecule has 0 radical (unpaired) electrons. The molecular formula is C12H18N2O2. The zero-order chi connectivity index (χ0) is 11.8. The van der Waals surface area contributed by atoms with Gasteiger partial charge in [-0.15, -0.1) is 0 Å². The molecule has 0 spiro atoms. The van der Waals surface area contributed by atoms with E-state index in [0.717, 1.165) is 5.56 Å². The third-order valence-electron chi connectivity index (χ3n) is 2.30. The zero-order valence-electron chi connectivity index (χ0n) is 9.28. The lowest BCUT2D eigenvalue weighted by Gasteiger charge is -2.08. The standard InChI is InChI=1S/C12H18N2O2/c13-7-6-10-4-1-2-5-11(10)12(16)14-8-3-9-15/h1-2,4-5,15H,3,6-9,13H2,(H,14,16). The topological polar surface area (TPSA) is 75.4 Å². The van der Waals surface area contributed by atoms with Crippen molar-refractivity contribution < 1.29 is 9.90 Å². The molecule has 0 aromatic heterocycles. The molecule has 1 amide bonds. The third kappa shape index (κ3) is 3.64. The van der Waals surface area contributed by atoms with E-state index >= 15 is 0 Å². The number of aliphatic hydroxyl groups excluding tert-OH is 1. The van der Waals surface area contributed by atoms with Gasteiger partial charge in [-0.25, -0.2) is 0 Å². The van der Waals surface area contributed by atoms with Crippen LogP contribution in [0.4, 0.5) is 0 Å². The summed E-state index contributed by atoms with van der Waals surface area (Å²) in [4.78, 5) is 11.8. The molecular weight excluding hydrogens is 204 g/mol. The number of aliphatic hydroxyl groups is 1. The van der Waals surface area contributed by atoms with Crippen LogP contribution in [-0.4, -0.2) is 30.7 Å². The predicted molar refractivity (Wildman–Crippen MR) is 63.2 cm³/mol. The van der Waals surface area contributed by atoms with E-state index in [1.807, 2.05) is 18.2 Å². The molecule has 0 fully saturated rings. The van der Waals surface area contributed by atoms with Crippen LogP contribution in [0.5, 0.6) is 0 Å². The largest absolute Gasteiger partial charge is 0.396 e. The van der Waals surface area contributed by atoms with Crippen LogP contribution < -0.4 is 11.1 Å². The van der Waals surface area contributed by atoms with Crippen molar-refractivity contribution in [1.82, 2.24) is 5.32 Å². The van der Waals surface area contributed by atoms with Crippen molar-refractivity contribution in [2.45, 2.75) is 12.8 Å². The fourth-order valence-electron chi connectivity index (χ4n) is 1.49. The molecule has 0 aliphatic heterocycles. The van der Waals surface area contributed by atoms with Crippen LogP contribution in [0, 0.1) is 0 Å². The number of rotatable bonds is 6. The average Bonchev–Trinajstić information content (AvgIpc) is 2.30. The molecule has 0 heterocycles. The van der Waals surface area contributed by atoms with Crippen LogP contribution in [0.1, 0.15) is 22.3 Å². The molecule has 4 N–H and O–H groups in total. The molecule has 0 atom stereocenters. The van der Waals surface area contributed by atoms with Gasteiger partial charge in [-0.2, -0.15) is 0 Å². The fourth-order valence-corrected chi connectivity index (χ4v) is 1.49. The number of hydrogen-bond donors (Lipinski definition) is 3. The van der Waals surface area contributed by atoms with Gasteiger partial charge in [0, 0.05) is 18.7 Å². The van der Waals surface area contributed by atoms with Gasteiger partial charge in [-0.3, -0.25) is 4.79 Å². The van der Waals surface area contributed by atoms with Gasteiger partial charge in [-0.1, -0.05) is 18.2 Å². The molecule has 0 unspecified atom stereocenters. The number of nitrogens with one attached hydrogen (secondary N) is 1. The number of hydrogen-bond acceptors (Lipinski definition) is 3. The maximum Gasteiger partial charge on any atom is 0.251 e. The minimum Gasteiger partial charge on any atom is -0.396 e. The van der Waals surface area contributed by atoms with E-state index < -0.39 is 0 Å². The van der Waals surface area contributed by atoms with Gasteiger partial charge in [0.15, 0.2) is 0 Å². The molecule has 1 aromatic carbocycles. The Morgan fingerprint density at radius 2 is 2.12 bits per heavy atom. The maximum atomic E-state index is 11.8. The second kappa shape index (κ2) is 6.98. The van der Waals surface area contributed by atoms with Crippen molar-refractivity contribution in [3.8, 4) is 0 Å². The smallest absolute Gasteiger partial charge is 0.251 e. The Kier molecular flexibility index (Phi) is 5.53. The first-order chi connectivity index (χ1) is 7.79. The Balaban J connectivity index is 2.66. The van der Waals surface area contributed by atoms with Crippen LogP contribution in [0.3, 0.4) is 0 Å². The van der Waals surface area contributed by atoms with Crippen LogP contribution in [0.2, 0.25) is 0 Å². The SMILES string of the molecule is NCCc1ccccc1C(=O)NCCCO. The Labute approximate surface area is 95.5 Å². The van der Waals surface area contributed by atoms with E-state index in [0.29, 0.717) is 31.5 Å². The molecule has 4 nitrogen and oxygen atoms in total. The van der Waals surface area contributed by atoms with Gasteiger partial charge in [-0.05, 0) is 31.0 Å². The Morgan fingerprint density at radius 3 is 2.81 bits per heavy atom. The van der Waals surface area contributed by atoms with E-state index in [4.69, 9.17) is 10.8 Å². The maximum absolute atomic E-state index is 11.8. The van der Waals surface area contributed by atoms with Crippen molar-refractivity contribution in [3.63, 3.8) is 0 Å². The third-order valence-corrected chi connectivity index (χ3v) is 2.30. The summed E-state index contributed by atoms with van der Waals surface area (Å²) in [6.45, 7) is 1.11. The minimum absolute atomic E-state index is 0.0880. The summed E-state index contributed by atoms with van der Waals surface area (Å²) >= 11 is 0. The Bertz CT molecular complexity index is 340. The molecule has 0 bridgehead atoms. The summed E-state index contributed by atoms with van der Waals surface area (Å²) in [7, 11) is 0. The molecule has 0 aliphatic rings. The first kappa shape index (κ1) is 12.7. The molecule has 1 aromatic rings. The zero-order valence-corrected chi connectivity index (χ0v) is 9.28. The quantitative estimate of drug-likeness (QED) is 0.606. The molecule has 88 valence electrons. The lowest BCUT2D eigenvalue weighted by Crippen LogP contribution is -2.26. The summed E-state index contributed by atoms with van der Waals surface area (Å²) in [5.74, 6) is -0.0995. The number of amides is 1. The monoisotopic (exact) mass is 222 g/mol. The summed E-state index contributed by atoms with van der Waals surface area (Å²) in [5.41, 5.74) is 7.12. The second-order valence-electron chi connectivity index (χ2n) is 3.53. The highest BCUT2D eigenvalue weighted by atomic mass is 16.3. The second-order valence-corrected chi connectivity index (χ2v) is 3.53. The van der Waals surface area contributed by atoms with Crippen LogP contribution in [0.15, 0.2) is 24.3 Å². The molecule has 0 aliphatic carbocycles. The van der Waals surface area contributed by atoms with Crippen LogP contribution in [-0.2, 0) is 6.42 Å². The van der Waals surface area contributed by atoms with Gasteiger partial charge in [0.1, 0.15) is 0 Å². The highest BCUT2D eigenvalue weighted by Gasteiger charge is 2.08. The van der Waals surface area contributed by atoms with E-state index in [1.54, 1.807) is 6.07 Å². The fraction of sp³-hybridized carbons (Fsp3) is 0.417. The molecule has 16 heavy (non-hydrogen) atoms. The van der Waals surface area contributed by atoms with Crippen molar-refractivity contribution >= 4 is 5.91 Å². The number of nitrogens with two attached hydrogens (primary N) is 1. The van der Waals surface area contributed by atoms with E-state index in [1.165, 1.54) is 0 Å². The first-order valence-corrected chi connectivity index (χ1v) is 5.46. The van der Waals surface area contributed by atoms with Crippen molar-refractivity contribution in [2.24, 2.45) is 5.73 Å². The summed E-state index contributed by atoms with van der Waals surface area (Å²) in [6.07, 6.45) is 1.27. The predicted octanol–water partition coefficient (Wildman–Crippen LogP) is 0.300. The molecule has 1 rings (SSSR count). The van der Waals surface area contributed by atoms with E-state index in [2.05, 4.69) is 5.32 Å². The normalized spacial score (nSPS) is 10.1. The van der Waals surface area contributed by atoms with Crippen molar-refractivity contribution in [3.05, 3.63) is 35.4 Å². The highest BCUT2D eigenvalue weighted by molar-refractivity contribution is 5.95. The summed E-state index contributed by atoms with van der Waals surface area (Å²) < 4.78 is 0. The lowest BCUT2D eigenvalue weighted by atomic mass is 10.0. The van der Waals surface area contributed by atoms with Gasteiger partial charge in [0.2, 0.25) is 0 Å². The van der Waals surface area contributed by atoms with E-state index in [9.17, 15) is 4.79 Å². The average molecular weight is 222 g/mol. The minimum atomic E-state index is -0.0995. The number of carbonyl (C=O) groups excluding carboxylic acids is 1. The molecule has 0 saturated carbocycles. The van der Waals surface area contributed by atoms with Crippen LogP contribution in [0.25, 0.3) is 0 Å². The lowest BCUT2D eigenvalue weighted by molar-refractivity contribution is 0.0950. The number of benzene rings is 1. The highest BCUT2D eigenvalue weighted by Crippen LogP contribution is 2.08. The molecule has 0 saturated heterocycles. The van der Waals surface area contributed by atoms with E-state index in [-0.39, 0.29) is 12.5 Å². The number of carbonyl (C=O) groups is 1.